The van der Waals surface area contributed by atoms with E-state index in [1.54, 1.807) is 13.3 Å². The van der Waals surface area contributed by atoms with E-state index in [1.165, 1.54) is 5.56 Å². The van der Waals surface area contributed by atoms with Crippen LogP contribution in [-0.2, 0) is 11.3 Å². The second-order valence-corrected chi connectivity index (χ2v) is 9.35. The van der Waals surface area contributed by atoms with Crippen molar-refractivity contribution >= 4 is 28.7 Å². The number of H-pyrrole nitrogens is 1. The van der Waals surface area contributed by atoms with Crippen LogP contribution in [0.4, 0.5) is 11.8 Å². The van der Waals surface area contributed by atoms with E-state index < -0.39 is 0 Å². The lowest BCUT2D eigenvalue weighted by molar-refractivity contribution is -0.134. The maximum atomic E-state index is 12.3. The number of aromatic nitrogens is 5. The molecular formula is C26H28N8O2. The number of hydrogen-bond donors (Lipinski definition) is 2. The molecule has 1 aliphatic carbocycles. The van der Waals surface area contributed by atoms with Crippen molar-refractivity contribution < 1.29 is 9.53 Å². The third-order valence-corrected chi connectivity index (χ3v) is 6.73. The van der Waals surface area contributed by atoms with Crippen molar-refractivity contribution in [1.82, 2.24) is 34.9 Å². The largest absolute Gasteiger partial charge is 0.495 e. The first-order valence-corrected chi connectivity index (χ1v) is 12.2. The van der Waals surface area contributed by atoms with E-state index in [-0.39, 0.29) is 0 Å². The monoisotopic (exact) mass is 484 g/mol. The molecule has 1 amide bonds. The Hall–Kier alpha value is -4.05. The van der Waals surface area contributed by atoms with Gasteiger partial charge < -0.3 is 19.9 Å². The average Bonchev–Trinajstić information content (AvgIpc) is 3.68. The minimum absolute atomic E-state index is 0.297. The summed E-state index contributed by atoms with van der Waals surface area (Å²) in [6, 6.07) is 11.8. The van der Waals surface area contributed by atoms with E-state index in [2.05, 4.69) is 35.4 Å². The summed E-state index contributed by atoms with van der Waals surface area (Å²) in [6.45, 7) is 4.25. The number of fused-ring (bicyclic) bond motifs is 1. The molecule has 2 fully saturated rings. The minimum Gasteiger partial charge on any atom is -0.495 e. The standard InChI is InChI=1S/C26H28N8O2/c1-36-20-14-22(32-28-15-20)19-4-5-21-23(13-19)30-26(29-21)31-24-12-17(6-7-27-24)16-33-8-10-34(11-9-33)25(35)18-2-3-18/h4-7,12-15,18H,2-3,8-11,16H2,1H3,(H2,27,29,30,31). The summed E-state index contributed by atoms with van der Waals surface area (Å²) < 4.78 is 5.26. The number of piperazine rings is 1. The maximum absolute atomic E-state index is 12.3. The quantitative estimate of drug-likeness (QED) is 0.411. The number of carbonyl (C=O) groups excluding carboxylic acids is 1. The van der Waals surface area contributed by atoms with E-state index in [4.69, 9.17) is 4.74 Å². The summed E-state index contributed by atoms with van der Waals surface area (Å²) in [4.78, 5) is 29.2. The van der Waals surface area contributed by atoms with Crippen LogP contribution < -0.4 is 10.1 Å². The zero-order valence-electron chi connectivity index (χ0n) is 20.1. The Morgan fingerprint density at radius 3 is 2.81 bits per heavy atom. The molecule has 184 valence electrons. The van der Waals surface area contributed by atoms with Crippen molar-refractivity contribution in [2.45, 2.75) is 19.4 Å². The van der Waals surface area contributed by atoms with Crippen LogP contribution in [0, 0.1) is 5.92 Å². The van der Waals surface area contributed by atoms with Crippen LogP contribution in [0.25, 0.3) is 22.3 Å². The third-order valence-electron chi connectivity index (χ3n) is 6.73. The van der Waals surface area contributed by atoms with Gasteiger partial charge in [-0.2, -0.15) is 10.2 Å². The van der Waals surface area contributed by atoms with Gasteiger partial charge in [0.25, 0.3) is 0 Å². The SMILES string of the molecule is COc1cnnc(-c2ccc3nc(Nc4cc(CN5CCN(C(=O)C6CC6)CC5)ccn4)[nH]c3c2)c1. The van der Waals surface area contributed by atoms with Crippen LogP contribution in [-0.4, -0.2) is 74.1 Å². The summed E-state index contributed by atoms with van der Waals surface area (Å²) >= 11 is 0. The van der Waals surface area contributed by atoms with Gasteiger partial charge in [0.1, 0.15) is 11.6 Å². The Balaban J connectivity index is 1.11. The molecule has 1 aliphatic heterocycles. The molecule has 36 heavy (non-hydrogen) atoms. The molecule has 10 nitrogen and oxygen atoms in total. The van der Waals surface area contributed by atoms with Crippen molar-refractivity contribution in [2.24, 2.45) is 5.92 Å². The first-order valence-electron chi connectivity index (χ1n) is 12.2. The van der Waals surface area contributed by atoms with Crippen LogP contribution in [0.1, 0.15) is 18.4 Å². The zero-order chi connectivity index (χ0) is 24.5. The highest BCUT2D eigenvalue weighted by Crippen LogP contribution is 2.31. The average molecular weight is 485 g/mol. The number of nitrogens with zero attached hydrogens (tertiary/aromatic N) is 6. The molecule has 0 atom stereocenters. The highest BCUT2D eigenvalue weighted by atomic mass is 16.5. The van der Waals surface area contributed by atoms with Gasteiger partial charge >= 0.3 is 0 Å². The molecular weight excluding hydrogens is 456 g/mol. The summed E-state index contributed by atoms with van der Waals surface area (Å²) in [5.74, 6) is 2.65. The van der Waals surface area contributed by atoms with Gasteiger partial charge in [-0.15, -0.1) is 0 Å². The van der Waals surface area contributed by atoms with Crippen molar-refractivity contribution in [1.29, 1.82) is 0 Å². The number of pyridine rings is 1. The van der Waals surface area contributed by atoms with Crippen LogP contribution in [0.3, 0.4) is 0 Å². The van der Waals surface area contributed by atoms with Crippen molar-refractivity contribution in [2.75, 3.05) is 38.6 Å². The van der Waals surface area contributed by atoms with E-state index in [1.807, 2.05) is 47.5 Å². The molecule has 0 spiro atoms. The predicted octanol–water partition coefficient (Wildman–Crippen LogP) is 3.22. The second-order valence-electron chi connectivity index (χ2n) is 9.35. The Labute approximate surface area is 208 Å². The zero-order valence-corrected chi connectivity index (χ0v) is 20.1. The topological polar surface area (TPSA) is 112 Å². The lowest BCUT2D eigenvalue weighted by atomic mass is 10.1. The number of benzene rings is 1. The molecule has 6 rings (SSSR count). The van der Waals surface area contributed by atoms with Gasteiger partial charge in [0.05, 0.1) is 30.0 Å². The van der Waals surface area contributed by atoms with Gasteiger partial charge in [0, 0.05) is 56.5 Å². The number of ether oxygens (including phenoxy) is 1. The number of nitrogens with one attached hydrogen (secondary N) is 2. The third kappa shape index (κ3) is 4.85. The minimum atomic E-state index is 0.297. The Kier molecular flexibility index (Phi) is 5.94. The fourth-order valence-electron chi connectivity index (χ4n) is 4.57. The van der Waals surface area contributed by atoms with Gasteiger partial charge in [0.15, 0.2) is 0 Å². The molecule has 0 radical (unpaired) electrons. The summed E-state index contributed by atoms with van der Waals surface area (Å²) in [5, 5.41) is 11.5. The smallest absolute Gasteiger partial charge is 0.225 e. The number of hydrogen-bond acceptors (Lipinski definition) is 8. The molecule has 3 aromatic heterocycles. The van der Waals surface area contributed by atoms with Gasteiger partial charge in [0.2, 0.25) is 11.9 Å². The van der Waals surface area contributed by atoms with E-state index >= 15 is 0 Å². The number of anilines is 2. The van der Waals surface area contributed by atoms with E-state index in [0.717, 1.165) is 73.7 Å². The van der Waals surface area contributed by atoms with Crippen LogP contribution in [0.2, 0.25) is 0 Å². The lowest BCUT2D eigenvalue weighted by Gasteiger charge is -2.34. The van der Waals surface area contributed by atoms with Gasteiger partial charge in [-0.05, 0) is 42.7 Å². The fourth-order valence-corrected chi connectivity index (χ4v) is 4.57. The molecule has 1 aromatic carbocycles. The number of methoxy groups -OCH3 is 1. The Morgan fingerprint density at radius 2 is 2.00 bits per heavy atom. The highest BCUT2D eigenvalue weighted by Gasteiger charge is 2.34. The van der Waals surface area contributed by atoms with Crippen molar-refractivity contribution in [3.05, 3.63) is 54.4 Å². The fraction of sp³-hybridized carbons (Fsp3) is 0.346. The van der Waals surface area contributed by atoms with Crippen molar-refractivity contribution in [3.63, 3.8) is 0 Å². The normalized spacial score (nSPS) is 16.3. The van der Waals surface area contributed by atoms with Crippen molar-refractivity contribution in [3.8, 4) is 17.0 Å². The molecule has 1 saturated carbocycles. The molecule has 2 N–H and O–H groups in total. The molecule has 1 saturated heterocycles. The summed E-state index contributed by atoms with van der Waals surface area (Å²) in [7, 11) is 1.61. The number of aromatic amines is 1. The first kappa shape index (κ1) is 22.4. The van der Waals surface area contributed by atoms with E-state index in [9.17, 15) is 4.79 Å². The van der Waals surface area contributed by atoms with Gasteiger partial charge in [-0.3, -0.25) is 9.69 Å². The number of amides is 1. The van der Waals surface area contributed by atoms with Crippen LogP contribution in [0.15, 0.2) is 48.8 Å². The van der Waals surface area contributed by atoms with Crippen LogP contribution >= 0.6 is 0 Å². The van der Waals surface area contributed by atoms with E-state index in [0.29, 0.717) is 23.5 Å². The van der Waals surface area contributed by atoms with Gasteiger partial charge in [-0.1, -0.05) is 6.07 Å². The molecule has 10 heteroatoms. The predicted molar refractivity (Wildman–Crippen MR) is 136 cm³/mol. The molecule has 0 unspecified atom stereocenters. The van der Waals surface area contributed by atoms with Gasteiger partial charge in [-0.25, -0.2) is 9.97 Å². The first-order chi connectivity index (χ1) is 17.6. The summed E-state index contributed by atoms with van der Waals surface area (Å²) in [5.41, 5.74) is 4.54. The number of rotatable bonds is 7. The lowest BCUT2D eigenvalue weighted by Crippen LogP contribution is -2.48. The Bertz CT molecular complexity index is 1390. The van der Waals surface area contributed by atoms with Crippen LogP contribution in [0.5, 0.6) is 5.75 Å². The number of carbonyl (C=O) groups is 1. The molecule has 4 heterocycles. The molecule has 0 bridgehead atoms. The number of imidazole rings is 1. The summed E-state index contributed by atoms with van der Waals surface area (Å²) in [6.07, 6.45) is 5.52. The molecule has 2 aliphatic rings. The molecule has 4 aromatic rings. The Morgan fingerprint density at radius 1 is 1.14 bits per heavy atom. The second kappa shape index (κ2) is 9.54. The maximum Gasteiger partial charge on any atom is 0.225 e. The highest BCUT2D eigenvalue weighted by molar-refractivity contribution is 5.83.